The van der Waals surface area contributed by atoms with E-state index in [0.29, 0.717) is 11.3 Å². The summed E-state index contributed by atoms with van der Waals surface area (Å²) in [5.74, 6) is -0.364. The van der Waals surface area contributed by atoms with Crippen LogP contribution in [-0.4, -0.2) is 19.3 Å². The second kappa shape index (κ2) is 8.05. The lowest BCUT2D eigenvalue weighted by atomic mass is 10.1. The van der Waals surface area contributed by atoms with Gasteiger partial charge >= 0.3 is 0 Å². The van der Waals surface area contributed by atoms with Gasteiger partial charge in [0.15, 0.2) is 0 Å². The number of nitrogens with one attached hydrogen (secondary N) is 2. The van der Waals surface area contributed by atoms with Crippen LogP contribution >= 0.6 is 0 Å². The Bertz CT molecular complexity index is 1190. The van der Waals surface area contributed by atoms with Crippen LogP contribution in [0.2, 0.25) is 0 Å². The van der Waals surface area contributed by atoms with Crippen LogP contribution in [0.15, 0.2) is 59.8 Å². The van der Waals surface area contributed by atoms with Crippen LogP contribution in [-0.2, 0) is 10.0 Å². The lowest BCUT2D eigenvalue weighted by Crippen LogP contribution is -2.16. The highest BCUT2D eigenvalue weighted by Crippen LogP contribution is 2.21. The Morgan fingerprint density at radius 3 is 2.17 bits per heavy atom. The molecule has 1 aromatic heterocycles. The number of amides is 1. The van der Waals surface area contributed by atoms with Crippen molar-refractivity contribution in [2.75, 3.05) is 10.0 Å². The first-order valence-corrected chi connectivity index (χ1v) is 10.6. The molecule has 2 N–H and O–H groups in total. The van der Waals surface area contributed by atoms with Gasteiger partial charge < -0.3 is 5.32 Å². The molecule has 0 fully saturated rings. The van der Waals surface area contributed by atoms with Gasteiger partial charge in [-0.15, -0.1) is 0 Å². The highest BCUT2D eigenvalue weighted by atomic mass is 32.2. The summed E-state index contributed by atoms with van der Waals surface area (Å²) >= 11 is 0. The maximum atomic E-state index is 12.7. The zero-order valence-electron chi connectivity index (χ0n) is 16.8. The average Bonchev–Trinajstić information content (AvgIpc) is 2.63. The average molecular weight is 410 g/mol. The van der Waals surface area contributed by atoms with E-state index in [1.807, 2.05) is 39.0 Å². The van der Waals surface area contributed by atoms with Crippen LogP contribution in [0, 0.1) is 27.7 Å². The fourth-order valence-electron chi connectivity index (χ4n) is 3.08. The molecule has 6 nitrogen and oxygen atoms in total. The number of carbonyl (C=O) groups is 1. The van der Waals surface area contributed by atoms with Gasteiger partial charge in [0.1, 0.15) is 0 Å². The molecule has 0 aliphatic rings. The van der Waals surface area contributed by atoms with Gasteiger partial charge in [-0.25, -0.2) is 8.42 Å². The van der Waals surface area contributed by atoms with Crippen molar-refractivity contribution in [3.05, 3.63) is 82.7 Å². The van der Waals surface area contributed by atoms with E-state index in [0.717, 1.165) is 16.7 Å². The molecule has 29 heavy (non-hydrogen) atoms. The first-order valence-electron chi connectivity index (χ1n) is 9.09. The molecule has 0 aliphatic carbocycles. The molecule has 0 radical (unpaired) electrons. The third kappa shape index (κ3) is 4.81. The predicted octanol–water partition coefficient (Wildman–Crippen LogP) is 4.37. The molecule has 0 aliphatic heterocycles. The Labute approximate surface area is 171 Å². The number of aromatic nitrogens is 1. The number of aryl methyl sites for hydroxylation is 4. The van der Waals surface area contributed by atoms with Crippen LogP contribution < -0.4 is 10.0 Å². The summed E-state index contributed by atoms with van der Waals surface area (Å²) in [5.41, 5.74) is 4.84. The molecular weight excluding hydrogens is 386 g/mol. The Balaban J connectivity index is 1.82. The highest BCUT2D eigenvalue weighted by molar-refractivity contribution is 7.92. The summed E-state index contributed by atoms with van der Waals surface area (Å²) in [7, 11) is -3.80. The second-order valence-corrected chi connectivity index (χ2v) is 8.76. The molecule has 2 aromatic carbocycles. The fraction of sp³-hybridized carbons (Fsp3) is 0.182. The smallest absolute Gasteiger partial charge is 0.262 e. The number of carbonyl (C=O) groups excluding carboxylic acids is 1. The predicted molar refractivity (Wildman–Crippen MR) is 115 cm³/mol. The van der Waals surface area contributed by atoms with E-state index < -0.39 is 10.0 Å². The van der Waals surface area contributed by atoms with E-state index >= 15 is 0 Å². The molecule has 0 unspecified atom stereocenters. The molecule has 1 heterocycles. The lowest BCUT2D eigenvalue weighted by Gasteiger charge is -2.12. The third-order valence-electron chi connectivity index (χ3n) is 4.50. The Morgan fingerprint density at radius 2 is 1.52 bits per heavy atom. The van der Waals surface area contributed by atoms with Crippen LogP contribution in [0.3, 0.4) is 0 Å². The number of hydrogen-bond donors (Lipinski definition) is 2. The van der Waals surface area contributed by atoms with Gasteiger partial charge in [0.25, 0.3) is 15.9 Å². The topological polar surface area (TPSA) is 88.2 Å². The van der Waals surface area contributed by atoms with E-state index in [1.54, 1.807) is 25.1 Å². The van der Waals surface area contributed by atoms with Gasteiger partial charge in [0, 0.05) is 11.9 Å². The molecule has 0 bridgehead atoms. The van der Waals surface area contributed by atoms with Crippen molar-refractivity contribution < 1.29 is 13.2 Å². The zero-order valence-corrected chi connectivity index (χ0v) is 17.6. The molecule has 0 saturated heterocycles. The first kappa shape index (κ1) is 20.5. The summed E-state index contributed by atoms with van der Waals surface area (Å²) in [6.45, 7) is 7.54. The summed E-state index contributed by atoms with van der Waals surface area (Å²) < 4.78 is 28.0. The number of pyridine rings is 1. The van der Waals surface area contributed by atoms with Crippen LogP contribution in [0.1, 0.15) is 32.6 Å². The first-order chi connectivity index (χ1) is 13.7. The molecule has 0 spiro atoms. The van der Waals surface area contributed by atoms with Gasteiger partial charge in [-0.1, -0.05) is 35.4 Å². The Hall–Kier alpha value is -3.19. The lowest BCUT2D eigenvalue weighted by molar-refractivity contribution is 0.102. The van der Waals surface area contributed by atoms with Gasteiger partial charge in [0.05, 0.1) is 22.3 Å². The standard InChI is InChI=1S/C22H23N3O3S/c1-14-5-7-20(16(3)9-14)24-22(26)18-11-19(13-23-12-18)25-29(27,28)21-8-6-15(2)10-17(21)4/h5-13,25H,1-4H3,(H,24,26). The second-order valence-electron chi connectivity index (χ2n) is 7.11. The van der Waals surface area contributed by atoms with E-state index in [2.05, 4.69) is 15.0 Å². The molecule has 150 valence electrons. The number of rotatable bonds is 5. The summed E-state index contributed by atoms with van der Waals surface area (Å²) in [6.07, 6.45) is 2.77. The van der Waals surface area contributed by atoms with Crippen molar-refractivity contribution in [1.29, 1.82) is 0 Å². The SMILES string of the molecule is Cc1ccc(NC(=O)c2cncc(NS(=O)(=O)c3ccc(C)cc3C)c2)c(C)c1. The van der Waals surface area contributed by atoms with Crippen molar-refractivity contribution in [2.24, 2.45) is 0 Å². The maximum absolute atomic E-state index is 12.7. The molecule has 0 saturated carbocycles. The minimum Gasteiger partial charge on any atom is -0.322 e. The van der Waals surface area contributed by atoms with E-state index in [1.165, 1.54) is 18.5 Å². The number of anilines is 2. The van der Waals surface area contributed by atoms with Crippen molar-refractivity contribution in [1.82, 2.24) is 4.98 Å². The van der Waals surface area contributed by atoms with Crippen LogP contribution in [0.4, 0.5) is 11.4 Å². The number of benzene rings is 2. The zero-order chi connectivity index (χ0) is 21.2. The number of hydrogen-bond acceptors (Lipinski definition) is 4. The summed E-state index contributed by atoms with van der Waals surface area (Å²) in [6, 6.07) is 12.3. The number of nitrogens with zero attached hydrogens (tertiary/aromatic N) is 1. The van der Waals surface area contributed by atoms with E-state index in [4.69, 9.17) is 0 Å². The monoisotopic (exact) mass is 409 g/mol. The normalized spacial score (nSPS) is 11.2. The molecule has 3 rings (SSSR count). The van der Waals surface area contributed by atoms with Gasteiger partial charge in [-0.2, -0.15) is 0 Å². The maximum Gasteiger partial charge on any atom is 0.262 e. The summed E-state index contributed by atoms with van der Waals surface area (Å²) in [5, 5.41) is 2.83. The van der Waals surface area contributed by atoms with Crippen molar-refractivity contribution in [3.8, 4) is 0 Å². The quantitative estimate of drug-likeness (QED) is 0.655. The molecule has 0 atom stereocenters. The third-order valence-corrected chi connectivity index (χ3v) is 6.04. The largest absolute Gasteiger partial charge is 0.322 e. The fourth-order valence-corrected chi connectivity index (χ4v) is 4.34. The highest BCUT2D eigenvalue weighted by Gasteiger charge is 2.18. The van der Waals surface area contributed by atoms with Crippen molar-refractivity contribution in [2.45, 2.75) is 32.6 Å². The number of sulfonamides is 1. The minimum atomic E-state index is -3.80. The Morgan fingerprint density at radius 1 is 0.862 bits per heavy atom. The minimum absolute atomic E-state index is 0.188. The molecule has 7 heteroatoms. The van der Waals surface area contributed by atoms with Crippen LogP contribution in [0.25, 0.3) is 0 Å². The Kier molecular flexibility index (Phi) is 5.70. The summed E-state index contributed by atoms with van der Waals surface area (Å²) in [4.78, 5) is 16.8. The van der Waals surface area contributed by atoms with E-state index in [9.17, 15) is 13.2 Å². The molecular formula is C22H23N3O3S. The van der Waals surface area contributed by atoms with Crippen molar-refractivity contribution in [3.63, 3.8) is 0 Å². The van der Waals surface area contributed by atoms with Crippen molar-refractivity contribution >= 4 is 27.3 Å². The molecule has 3 aromatic rings. The van der Waals surface area contributed by atoms with Gasteiger partial charge in [0.2, 0.25) is 0 Å². The van der Waals surface area contributed by atoms with Gasteiger partial charge in [-0.05, 0) is 57.0 Å². The van der Waals surface area contributed by atoms with Gasteiger partial charge in [-0.3, -0.25) is 14.5 Å². The van der Waals surface area contributed by atoms with E-state index in [-0.39, 0.29) is 22.1 Å². The van der Waals surface area contributed by atoms with Crippen LogP contribution in [0.5, 0.6) is 0 Å². The molecule has 1 amide bonds.